The summed E-state index contributed by atoms with van der Waals surface area (Å²) in [6, 6.07) is 5.59. The molecule has 1 aromatic carbocycles. The molecule has 0 aromatic heterocycles. The van der Waals surface area contributed by atoms with E-state index < -0.39 is 5.41 Å². The summed E-state index contributed by atoms with van der Waals surface area (Å²) in [7, 11) is 0. The molecule has 1 aliphatic rings. The average Bonchev–Trinajstić information content (AvgIpc) is 2.71. The van der Waals surface area contributed by atoms with Gasteiger partial charge in [-0.15, -0.1) is 0 Å². The number of rotatable bonds is 2. The molecule has 0 unspecified atom stereocenters. The second-order valence-electron chi connectivity index (χ2n) is 5.64. The molecule has 0 radical (unpaired) electrons. The molecule has 0 atom stereocenters. The first kappa shape index (κ1) is 16.1. The van der Waals surface area contributed by atoms with Crippen molar-refractivity contribution in [3.05, 3.63) is 27.7 Å². The van der Waals surface area contributed by atoms with Crippen LogP contribution in [0.4, 0.5) is 5.69 Å². The van der Waals surface area contributed by atoms with Crippen LogP contribution in [0.2, 0.25) is 10.0 Å². The monoisotopic (exact) mass is 324 g/mol. The van der Waals surface area contributed by atoms with Crippen molar-refractivity contribution in [2.75, 3.05) is 5.32 Å². The van der Waals surface area contributed by atoms with Gasteiger partial charge in [-0.1, -0.05) is 48.9 Å². The molecule has 1 amide bonds. The van der Waals surface area contributed by atoms with E-state index in [1.807, 2.05) is 6.92 Å². The molecule has 2 rings (SSSR count). The van der Waals surface area contributed by atoms with Gasteiger partial charge < -0.3 is 5.32 Å². The Bertz CT molecular complexity index is 585. The summed E-state index contributed by atoms with van der Waals surface area (Å²) in [5.74, 6) is -0.270. The highest BCUT2D eigenvalue weighted by Gasteiger charge is 2.39. The molecule has 0 saturated heterocycles. The number of nitriles is 1. The van der Waals surface area contributed by atoms with Crippen molar-refractivity contribution >= 4 is 34.8 Å². The number of amides is 1. The van der Waals surface area contributed by atoms with Gasteiger partial charge >= 0.3 is 0 Å². The second kappa shape index (κ2) is 6.68. The van der Waals surface area contributed by atoms with Gasteiger partial charge in [0, 0.05) is 5.02 Å². The van der Waals surface area contributed by atoms with Gasteiger partial charge in [0.2, 0.25) is 5.91 Å². The Kier molecular flexibility index (Phi) is 5.13. The molecular formula is C16H18Cl2N2O. The molecule has 3 nitrogen and oxygen atoms in total. The minimum absolute atomic E-state index is 0.270. The summed E-state index contributed by atoms with van der Waals surface area (Å²) in [5, 5.41) is 13.3. The quantitative estimate of drug-likeness (QED) is 0.769. The third kappa shape index (κ3) is 3.51. The van der Waals surface area contributed by atoms with Crippen LogP contribution in [0.5, 0.6) is 0 Å². The third-order valence-corrected chi connectivity index (χ3v) is 4.82. The molecule has 1 saturated carbocycles. The Morgan fingerprint density at radius 3 is 2.38 bits per heavy atom. The van der Waals surface area contributed by atoms with Crippen molar-refractivity contribution in [3.8, 4) is 6.07 Å². The van der Waals surface area contributed by atoms with E-state index in [9.17, 15) is 10.1 Å². The number of hydrogen-bond donors (Lipinski definition) is 1. The van der Waals surface area contributed by atoms with Crippen LogP contribution in [0.25, 0.3) is 0 Å². The van der Waals surface area contributed by atoms with Crippen molar-refractivity contribution in [2.24, 2.45) is 5.41 Å². The zero-order chi connectivity index (χ0) is 15.5. The number of carbonyl (C=O) groups is 1. The summed E-state index contributed by atoms with van der Waals surface area (Å²) in [4.78, 5) is 12.6. The van der Waals surface area contributed by atoms with E-state index in [1.54, 1.807) is 12.1 Å². The van der Waals surface area contributed by atoms with Gasteiger partial charge in [0.1, 0.15) is 5.41 Å². The normalized spacial score (nSPS) is 17.6. The lowest BCUT2D eigenvalue weighted by Crippen LogP contribution is -2.34. The number of halogens is 2. The summed E-state index contributed by atoms with van der Waals surface area (Å²) in [5.41, 5.74) is 0.372. The van der Waals surface area contributed by atoms with Crippen LogP contribution in [0.3, 0.4) is 0 Å². The lowest BCUT2D eigenvalue weighted by Gasteiger charge is -2.24. The lowest BCUT2D eigenvalue weighted by molar-refractivity contribution is -0.123. The fourth-order valence-corrected chi connectivity index (χ4v) is 3.13. The van der Waals surface area contributed by atoms with Gasteiger partial charge in [0.05, 0.1) is 16.8 Å². The minimum Gasteiger partial charge on any atom is -0.323 e. The Morgan fingerprint density at radius 2 is 1.81 bits per heavy atom. The lowest BCUT2D eigenvalue weighted by atomic mass is 9.81. The Hall–Kier alpha value is -1.24. The van der Waals surface area contributed by atoms with E-state index in [0.29, 0.717) is 28.6 Å². The highest BCUT2D eigenvalue weighted by Crippen LogP contribution is 2.37. The zero-order valence-electron chi connectivity index (χ0n) is 12.0. The van der Waals surface area contributed by atoms with Gasteiger partial charge in [-0.2, -0.15) is 5.26 Å². The first-order valence-corrected chi connectivity index (χ1v) is 7.92. The highest BCUT2D eigenvalue weighted by molar-refractivity contribution is 6.36. The van der Waals surface area contributed by atoms with E-state index in [1.165, 1.54) is 0 Å². The number of benzene rings is 1. The van der Waals surface area contributed by atoms with Crippen molar-refractivity contribution < 1.29 is 4.79 Å². The topological polar surface area (TPSA) is 52.9 Å². The minimum atomic E-state index is -0.947. The number of hydrogen-bond acceptors (Lipinski definition) is 2. The standard InChI is InChI=1S/C16H18Cl2N2O/c1-11-8-13(18)14(9-12(11)17)20-15(21)16(10-19)6-4-2-3-5-7-16/h8-9H,2-7H2,1H3,(H,20,21). The number of anilines is 1. The fourth-order valence-electron chi connectivity index (χ4n) is 2.71. The van der Waals surface area contributed by atoms with Crippen LogP contribution in [-0.2, 0) is 4.79 Å². The molecule has 0 spiro atoms. The summed E-state index contributed by atoms with van der Waals surface area (Å²) in [6.07, 6.45) is 5.17. The number of carbonyl (C=O) groups excluding carboxylic acids is 1. The Morgan fingerprint density at radius 1 is 1.19 bits per heavy atom. The Balaban J connectivity index is 2.24. The zero-order valence-corrected chi connectivity index (χ0v) is 13.5. The molecule has 1 N–H and O–H groups in total. The summed E-state index contributed by atoms with van der Waals surface area (Å²) < 4.78 is 0. The first-order valence-electron chi connectivity index (χ1n) is 7.17. The van der Waals surface area contributed by atoms with Gasteiger partial charge in [-0.3, -0.25) is 4.79 Å². The molecule has 1 fully saturated rings. The van der Waals surface area contributed by atoms with E-state index in [0.717, 1.165) is 31.2 Å². The van der Waals surface area contributed by atoms with Gasteiger partial charge in [0.15, 0.2) is 0 Å². The van der Waals surface area contributed by atoms with Crippen LogP contribution in [0.1, 0.15) is 44.1 Å². The SMILES string of the molecule is Cc1cc(Cl)c(NC(=O)C2(C#N)CCCCCC2)cc1Cl. The van der Waals surface area contributed by atoms with Gasteiger partial charge in [-0.25, -0.2) is 0 Å². The summed E-state index contributed by atoms with van der Waals surface area (Å²) in [6.45, 7) is 1.85. The molecular weight excluding hydrogens is 307 g/mol. The van der Waals surface area contributed by atoms with Crippen LogP contribution < -0.4 is 5.32 Å². The molecule has 112 valence electrons. The first-order chi connectivity index (χ1) is 9.98. The van der Waals surface area contributed by atoms with Crippen molar-refractivity contribution in [1.29, 1.82) is 5.26 Å². The molecule has 0 bridgehead atoms. The smallest absolute Gasteiger partial charge is 0.244 e. The van der Waals surface area contributed by atoms with E-state index in [2.05, 4.69) is 11.4 Å². The second-order valence-corrected chi connectivity index (χ2v) is 6.46. The number of aryl methyl sites for hydroxylation is 1. The average molecular weight is 325 g/mol. The molecule has 1 aliphatic carbocycles. The predicted octanol–water partition coefficient (Wildman–Crippen LogP) is 5.10. The molecule has 0 aliphatic heterocycles. The van der Waals surface area contributed by atoms with Crippen LogP contribution >= 0.6 is 23.2 Å². The Labute approximate surface area is 135 Å². The van der Waals surface area contributed by atoms with E-state index >= 15 is 0 Å². The maximum atomic E-state index is 12.6. The van der Waals surface area contributed by atoms with E-state index in [4.69, 9.17) is 23.2 Å². The maximum absolute atomic E-state index is 12.6. The van der Waals surface area contributed by atoms with Crippen LogP contribution in [0, 0.1) is 23.7 Å². The highest BCUT2D eigenvalue weighted by atomic mass is 35.5. The van der Waals surface area contributed by atoms with Crippen molar-refractivity contribution in [1.82, 2.24) is 0 Å². The molecule has 5 heteroatoms. The molecule has 21 heavy (non-hydrogen) atoms. The number of nitrogens with one attached hydrogen (secondary N) is 1. The van der Waals surface area contributed by atoms with Gasteiger partial charge in [0.25, 0.3) is 0 Å². The fraction of sp³-hybridized carbons (Fsp3) is 0.500. The predicted molar refractivity (Wildman–Crippen MR) is 85.6 cm³/mol. The van der Waals surface area contributed by atoms with Crippen molar-refractivity contribution in [2.45, 2.75) is 45.4 Å². The largest absolute Gasteiger partial charge is 0.323 e. The van der Waals surface area contributed by atoms with Crippen LogP contribution in [0.15, 0.2) is 12.1 Å². The number of nitrogens with zero attached hydrogens (tertiary/aromatic N) is 1. The van der Waals surface area contributed by atoms with Crippen molar-refractivity contribution in [3.63, 3.8) is 0 Å². The molecule has 0 heterocycles. The molecule has 1 aromatic rings. The van der Waals surface area contributed by atoms with Crippen LogP contribution in [-0.4, -0.2) is 5.91 Å². The van der Waals surface area contributed by atoms with E-state index in [-0.39, 0.29) is 5.91 Å². The summed E-state index contributed by atoms with van der Waals surface area (Å²) >= 11 is 12.2. The van der Waals surface area contributed by atoms with Gasteiger partial charge in [-0.05, 0) is 37.5 Å². The maximum Gasteiger partial charge on any atom is 0.244 e. The third-order valence-electron chi connectivity index (χ3n) is 4.10.